The summed E-state index contributed by atoms with van der Waals surface area (Å²) in [5, 5.41) is 10.1. The topological polar surface area (TPSA) is 63.3 Å². The summed E-state index contributed by atoms with van der Waals surface area (Å²) in [5.74, 6) is 0.652. The molecule has 0 atom stereocenters. The van der Waals surface area contributed by atoms with Crippen molar-refractivity contribution in [1.82, 2.24) is 4.98 Å². The van der Waals surface area contributed by atoms with Crippen LogP contribution >= 0.6 is 0 Å². The number of hydrogen-bond acceptors (Lipinski definition) is 4. The van der Waals surface area contributed by atoms with Crippen molar-refractivity contribution in [2.24, 2.45) is 0 Å². The van der Waals surface area contributed by atoms with E-state index in [1.54, 1.807) is 13.0 Å². The van der Waals surface area contributed by atoms with Gasteiger partial charge in [0.25, 0.3) is 0 Å². The van der Waals surface area contributed by atoms with Crippen molar-refractivity contribution in [3.05, 3.63) is 45.1 Å². The number of aryl methyl sites for hydroxylation is 2. The van der Waals surface area contributed by atoms with Crippen LogP contribution in [-0.4, -0.2) is 10.1 Å². The lowest BCUT2D eigenvalue weighted by molar-refractivity contribution is 0.464. The van der Waals surface area contributed by atoms with Crippen LogP contribution in [-0.2, 0) is 0 Å². The zero-order chi connectivity index (χ0) is 13.7. The molecule has 96 valence electrons. The van der Waals surface area contributed by atoms with Gasteiger partial charge in [0, 0.05) is 11.6 Å². The molecular formula is C15H13NO3. The Morgan fingerprint density at radius 2 is 1.84 bits per heavy atom. The summed E-state index contributed by atoms with van der Waals surface area (Å²) in [4.78, 5) is 15.9. The average Bonchev–Trinajstić information content (AvgIpc) is 2.41. The van der Waals surface area contributed by atoms with Gasteiger partial charge in [-0.25, -0.2) is 4.98 Å². The van der Waals surface area contributed by atoms with Crippen LogP contribution in [0.3, 0.4) is 0 Å². The first-order valence-electron chi connectivity index (χ1n) is 6.02. The minimum atomic E-state index is -0.122. The molecule has 0 bridgehead atoms. The Bertz CT molecular complexity index is 833. The van der Waals surface area contributed by atoms with Crippen LogP contribution in [0.1, 0.15) is 16.7 Å². The van der Waals surface area contributed by atoms with Gasteiger partial charge in [0.2, 0.25) is 0 Å². The lowest BCUT2D eigenvalue weighted by atomic mass is 10.0. The third kappa shape index (κ3) is 1.60. The number of phenolic OH excluding ortho intramolecular Hbond substituents is 1. The molecule has 1 aromatic rings. The molecule has 0 amide bonds. The van der Waals surface area contributed by atoms with E-state index in [1.807, 2.05) is 13.8 Å². The third-order valence-corrected chi connectivity index (χ3v) is 3.56. The molecule has 3 rings (SSSR count). The highest BCUT2D eigenvalue weighted by atomic mass is 16.3. The molecule has 1 aromatic carbocycles. The molecule has 0 fully saturated rings. The molecule has 19 heavy (non-hydrogen) atoms. The molecule has 1 heterocycles. The van der Waals surface area contributed by atoms with Gasteiger partial charge in [-0.2, -0.15) is 0 Å². The van der Waals surface area contributed by atoms with E-state index in [1.165, 1.54) is 12.1 Å². The second kappa shape index (κ2) is 3.82. The SMILES string of the molecule is Cc1c(O)c(C)c2oc3cc(=O)ccc-3nc2c1C. The van der Waals surface area contributed by atoms with Crippen LogP contribution in [0.15, 0.2) is 27.4 Å². The largest absolute Gasteiger partial charge is 0.507 e. The van der Waals surface area contributed by atoms with E-state index in [0.29, 0.717) is 22.6 Å². The second-order valence-electron chi connectivity index (χ2n) is 4.74. The predicted octanol–water partition coefficient (Wildman–Crippen LogP) is 2.92. The number of aromatic nitrogens is 1. The molecular weight excluding hydrogens is 242 g/mol. The fourth-order valence-electron chi connectivity index (χ4n) is 2.25. The first kappa shape index (κ1) is 11.7. The summed E-state index contributed by atoms with van der Waals surface area (Å²) < 4.78 is 5.75. The molecule has 0 unspecified atom stereocenters. The molecule has 0 saturated heterocycles. The molecule has 0 spiro atoms. The van der Waals surface area contributed by atoms with E-state index < -0.39 is 0 Å². The van der Waals surface area contributed by atoms with Crippen molar-refractivity contribution in [3.63, 3.8) is 0 Å². The summed E-state index contributed by atoms with van der Waals surface area (Å²) in [6.07, 6.45) is 0. The van der Waals surface area contributed by atoms with E-state index in [-0.39, 0.29) is 11.2 Å². The maximum atomic E-state index is 11.4. The van der Waals surface area contributed by atoms with Gasteiger partial charge in [-0.3, -0.25) is 4.79 Å². The van der Waals surface area contributed by atoms with Gasteiger partial charge in [0.15, 0.2) is 16.8 Å². The van der Waals surface area contributed by atoms with Gasteiger partial charge in [-0.1, -0.05) is 0 Å². The number of benzene rings is 2. The first-order valence-corrected chi connectivity index (χ1v) is 6.02. The number of hydrogen-bond donors (Lipinski definition) is 1. The fraction of sp³-hybridized carbons (Fsp3) is 0.200. The van der Waals surface area contributed by atoms with Crippen LogP contribution < -0.4 is 5.43 Å². The predicted molar refractivity (Wildman–Crippen MR) is 72.8 cm³/mol. The summed E-state index contributed by atoms with van der Waals surface area (Å²) in [6.45, 7) is 5.53. The molecule has 1 N–H and O–H groups in total. The zero-order valence-electron chi connectivity index (χ0n) is 10.9. The minimum Gasteiger partial charge on any atom is -0.507 e. The third-order valence-electron chi connectivity index (χ3n) is 3.56. The van der Waals surface area contributed by atoms with E-state index >= 15 is 0 Å². The van der Waals surface area contributed by atoms with Gasteiger partial charge >= 0.3 is 0 Å². The van der Waals surface area contributed by atoms with Gasteiger partial charge in [0.1, 0.15) is 17.0 Å². The van der Waals surface area contributed by atoms with Crippen molar-refractivity contribution < 1.29 is 9.52 Å². The monoisotopic (exact) mass is 255 g/mol. The maximum absolute atomic E-state index is 11.4. The van der Waals surface area contributed by atoms with Gasteiger partial charge < -0.3 is 9.52 Å². The summed E-state index contributed by atoms with van der Waals surface area (Å²) in [7, 11) is 0. The Hall–Kier alpha value is -2.36. The Balaban J connectivity index is 2.57. The Morgan fingerprint density at radius 1 is 1.11 bits per heavy atom. The van der Waals surface area contributed by atoms with Crippen LogP contribution in [0.4, 0.5) is 0 Å². The molecule has 0 saturated carbocycles. The van der Waals surface area contributed by atoms with Crippen LogP contribution in [0, 0.1) is 20.8 Å². The molecule has 0 radical (unpaired) electrons. The molecule has 4 nitrogen and oxygen atoms in total. The van der Waals surface area contributed by atoms with Crippen LogP contribution in [0.2, 0.25) is 0 Å². The van der Waals surface area contributed by atoms with Gasteiger partial charge in [-0.15, -0.1) is 0 Å². The lowest BCUT2D eigenvalue weighted by Gasteiger charge is -2.13. The van der Waals surface area contributed by atoms with Crippen molar-refractivity contribution in [1.29, 1.82) is 0 Å². The molecule has 1 aliphatic heterocycles. The fourth-order valence-corrected chi connectivity index (χ4v) is 2.25. The van der Waals surface area contributed by atoms with Gasteiger partial charge in [-0.05, 0) is 44.0 Å². The summed E-state index contributed by atoms with van der Waals surface area (Å²) in [6, 6.07) is 4.52. The standard InChI is InChI=1S/C15H13NO3/c1-7-8(2)14(18)9(3)15-13(7)16-11-5-4-10(17)6-12(11)19-15/h4-6,18H,1-3H3. The lowest BCUT2D eigenvalue weighted by Crippen LogP contribution is -2.01. The Morgan fingerprint density at radius 3 is 2.58 bits per heavy atom. The highest BCUT2D eigenvalue weighted by Crippen LogP contribution is 2.35. The quantitative estimate of drug-likeness (QED) is 0.627. The number of phenols is 1. The normalized spacial score (nSPS) is 11.3. The van der Waals surface area contributed by atoms with E-state index in [0.717, 1.165) is 16.6 Å². The number of fused-ring (bicyclic) bond motifs is 2. The van der Waals surface area contributed by atoms with Crippen molar-refractivity contribution in [2.75, 3.05) is 0 Å². The molecule has 1 aliphatic carbocycles. The van der Waals surface area contributed by atoms with Crippen molar-refractivity contribution >= 4 is 11.1 Å². The smallest absolute Gasteiger partial charge is 0.182 e. The highest BCUT2D eigenvalue weighted by molar-refractivity contribution is 5.85. The zero-order valence-corrected chi connectivity index (χ0v) is 10.9. The summed E-state index contributed by atoms with van der Waals surface area (Å²) >= 11 is 0. The minimum absolute atomic E-state index is 0.122. The average molecular weight is 255 g/mol. The Kier molecular flexibility index (Phi) is 2.35. The van der Waals surface area contributed by atoms with Crippen LogP contribution in [0.5, 0.6) is 5.75 Å². The summed E-state index contributed by atoms with van der Waals surface area (Å²) in [5.41, 5.74) is 4.09. The van der Waals surface area contributed by atoms with E-state index in [4.69, 9.17) is 4.42 Å². The molecule has 2 aliphatic rings. The van der Waals surface area contributed by atoms with E-state index in [2.05, 4.69) is 4.98 Å². The Labute approximate surface area is 109 Å². The van der Waals surface area contributed by atoms with Crippen LogP contribution in [0.25, 0.3) is 22.6 Å². The van der Waals surface area contributed by atoms with Crippen molar-refractivity contribution in [3.8, 4) is 17.2 Å². The number of aromatic hydroxyl groups is 1. The van der Waals surface area contributed by atoms with Crippen molar-refractivity contribution in [2.45, 2.75) is 20.8 Å². The number of rotatable bonds is 0. The first-order chi connectivity index (χ1) is 8.99. The highest BCUT2D eigenvalue weighted by Gasteiger charge is 2.17. The van der Waals surface area contributed by atoms with E-state index in [9.17, 15) is 9.90 Å². The molecule has 4 heteroatoms. The maximum Gasteiger partial charge on any atom is 0.182 e. The van der Waals surface area contributed by atoms with Gasteiger partial charge in [0.05, 0.1) is 0 Å². The molecule has 0 aromatic heterocycles. The number of nitrogens with zero attached hydrogens (tertiary/aromatic N) is 1. The second-order valence-corrected chi connectivity index (χ2v) is 4.74.